The van der Waals surface area contributed by atoms with Gasteiger partial charge in [0.05, 0.1) is 6.61 Å². The van der Waals surface area contributed by atoms with Crippen LogP contribution in [0.1, 0.15) is 32.6 Å². The molecule has 1 aromatic rings. The summed E-state index contributed by atoms with van der Waals surface area (Å²) in [5, 5.41) is 9.83. The van der Waals surface area contributed by atoms with Crippen molar-refractivity contribution in [3.05, 3.63) is 29.3 Å². The summed E-state index contributed by atoms with van der Waals surface area (Å²) >= 11 is 5.83. The van der Waals surface area contributed by atoms with Crippen LogP contribution in [0.15, 0.2) is 24.3 Å². The van der Waals surface area contributed by atoms with E-state index in [1.165, 1.54) is 0 Å². The molecule has 0 saturated heterocycles. The number of amides is 1. The van der Waals surface area contributed by atoms with E-state index in [4.69, 9.17) is 16.3 Å². The third-order valence-corrected chi connectivity index (χ3v) is 4.12. The number of rotatable bonds is 6. The molecular formula is C16H22ClNO3. The molecule has 1 aromatic carbocycles. The van der Waals surface area contributed by atoms with E-state index in [0.29, 0.717) is 17.3 Å². The van der Waals surface area contributed by atoms with Gasteiger partial charge in [-0.25, -0.2) is 0 Å². The lowest BCUT2D eigenvalue weighted by molar-refractivity contribution is -0.140. The lowest BCUT2D eigenvalue weighted by atomic mass is 10.2. The van der Waals surface area contributed by atoms with Crippen molar-refractivity contribution in [1.29, 1.82) is 0 Å². The van der Waals surface area contributed by atoms with Crippen molar-refractivity contribution in [2.45, 2.75) is 44.8 Å². The zero-order chi connectivity index (χ0) is 15.2. The van der Waals surface area contributed by atoms with Gasteiger partial charge in [-0.1, -0.05) is 24.4 Å². The monoisotopic (exact) mass is 311 g/mol. The van der Waals surface area contributed by atoms with Crippen molar-refractivity contribution in [3.8, 4) is 5.75 Å². The molecule has 1 saturated carbocycles. The number of nitrogens with zero attached hydrogens (tertiary/aromatic N) is 1. The highest BCUT2D eigenvalue weighted by atomic mass is 35.5. The average Bonchev–Trinajstić information content (AvgIpc) is 3.00. The molecule has 0 aliphatic heterocycles. The minimum atomic E-state index is -0.571. The Morgan fingerprint density at radius 2 is 2.00 bits per heavy atom. The van der Waals surface area contributed by atoms with Gasteiger partial charge >= 0.3 is 0 Å². The molecule has 2 rings (SSSR count). The molecule has 5 heteroatoms. The van der Waals surface area contributed by atoms with E-state index in [0.717, 1.165) is 25.7 Å². The van der Waals surface area contributed by atoms with Gasteiger partial charge in [0.1, 0.15) is 5.75 Å². The summed E-state index contributed by atoms with van der Waals surface area (Å²) in [6.07, 6.45) is 3.75. The van der Waals surface area contributed by atoms with Crippen LogP contribution in [0.5, 0.6) is 5.75 Å². The van der Waals surface area contributed by atoms with Crippen molar-refractivity contribution in [2.75, 3.05) is 13.2 Å². The highest BCUT2D eigenvalue weighted by molar-refractivity contribution is 6.30. The molecule has 0 spiro atoms. The molecule has 1 atom stereocenters. The Morgan fingerprint density at radius 1 is 1.38 bits per heavy atom. The van der Waals surface area contributed by atoms with Gasteiger partial charge in [-0.15, -0.1) is 0 Å². The van der Waals surface area contributed by atoms with Gasteiger partial charge in [0, 0.05) is 17.6 Å². The number of hydrogen-bond acceptors (Lipinski definition) is 3. The zero-order valence-corrected chi connectivity index (χ0v) is 13.1. The Balaban J connectivity index is 1.99. The number of carbonyl (C=O) groups excluding carboxylic acids is 1. The second kappa shape index (κ2) is 7.66. The molecule has 1 fully saturated rings. The molecule has 1 aliphatic carbocycles. The Morgan fingerprint density at radius 3 is 2.57 bits per heavy atom. The molecule has 0 heterocycles. The van der Waals surface area contributed by atoms with Gasteiger partial charge in [-0.3, -0.25) is 4.79 Å². The van der Waals surface area contributed by atoms with Gasteiger partial charge in [-0.2, -0.15) is 0 Å². The fourth-order valence-electron chi connectivity index (χ4n) is 2.80. The lowest BCUT2D eigenvalue weighted by Crippen LogP contribution is -2.46. The first-order valence-electron chi connectivity index (χ1n) is 7.45. The van der Waals surface area contributed by atoms with Gasteiger partial charge in [0.25, 0.3) is 5.91 Å². The maximum absolute atomic E-state index is 12.6. The third-order valence-electron chi connectivity index (χ3n) is 3.86. The first kappa shape index (κ1) is 16.1. The highest BCUT2D eigenvalue weighted by Gasteiger charge is 2.30. The summed E-state index contributed by atoms with van der Waals surface area (Å²) in [4.78, 5) is 14.3. The van der Waals surface area contributed by atoms with Crippen LogP contribution in [-0.2, 0) is 4.79 Å². The maximum atomic E-state index is 12.6. The molecule has 4 nitrogen and oxygen atoms in total. The topological polar surface area (TPSA) is 49.8 Å². The lowest BCUT2D eigenvalue weighted by Gasteiger charge is -2.30. The molecule has 1 amide bonds. The Kier molecular flexibility index (Phi) is 5.88. The second-order valence-electron chi connectivity index (χ2n) is 5.41. The number of benzene rings is 1. The molecule has 116 valence electrons. The molecule has 0 aromatic heterocycles. The quantitative estimate of drug-likeness (QED) is 0.879. The van der Waals surface area contributed by atoms with Crippen molar-refractivity contribution >= 4 is 17.5 Å². The molecule has 1 unspecified atom stereocenters. The van der Waals surface area contributed by atoms with Crippen LogP contribution >= 0.6 is 11.6 Å². The predicted molar refractivity (Wildman–Crippen MR) is 82.6 cm³/mol. The van der Waals surface area contributed by atoms with Crippen LogP contribution in [0.4, 0.5) is 0 Å². The summed E-state index contributed by atoms with van der Waals surface area (Å²) in [7, 11) is 0. The summed E-state index contributed by atoms with van der Waals surface area (Å²) in [5.74, 6) is 0.557. The van der Waals surface area contributed by atoms with Gasteiger partial charge in [0.15, 0.2) is 6.10 Å². The number of ether oxygens (including phenoxy) is 1. The molecule has 1 N–H and O–H groups in total. The molecule has 0 radical (unpaired) electrons. The Hall–Kier alpha value is -1.26. The van der Waals surface area contributed by atoms with Crippen LogP contribution in [-0.4, -0.2) is 41.2 Å². The van der Waals surface area contributed by atoms with Crippen molar-refractivity contribution in [2.24, 2.45) is 0 Å². The zero-order valence-electron chi connectivity index (χ0n) is 12.3. The largest absolute Gasteiger partial charge is 0.481 e. The number of halogens is 1. The van der Waals surface area contributed by atoms with Crippen molar-refractivity contribution in [1.82, 2.24) is 4.90 Å². The minimum Gasteiger partial charge on any atom is -0.481 e. The summed E-state index contributed by atoms with van der Waals surface area (Å²) in [6, 6.07) is 7.20. The van der Waals surface area contributed by atoms with Crippen LogP contribution in [0.25, 0.3) is 0 Å². The number of aliphatic hydroxyl groups excluding tert-OH is 1. The van der Waals surface area contributed by atoms with E-state index in [9.17, 15) is 9.90 Å². The van der Waals surface area contributed by atoms with Crippen molar-refractivity contribution in [3.63, 3.8) is 0 Å². The van der Waals surface area contributed by atoms with E-state index < -0.39 is 6.10 Å². The molecular weight excluding hydrogens is 290 g/mol. The van der Waals surface area contributed by atoms with E-state index in [1.54, 1.807) is 36.1 Å². The first-order valence-corrected chi connectivity index (χ1v) is 7.83. The predicted octanol–water partition coefficient (Wildman–Crippen LogP) is 2.87. The molecule has 0 bridgehead atoms. The Labute approximate surface area is 130 Å². The Bertz CT molecular complexity index is 457. The molecule has 21 heavy (non-hydrogen) atoms. The maximum Gasteiger partial charge on any atom is 0.263 e. The number of aliphatic hydroxyl groups is 1. The van der Waals surface area contributed by atoms with E-state index in [-0.39, 0.29) is 18.6 Å². The third kappa shape index (κ3) is 4.35. The van der Waals surface area contributed by atoms with Crippen LogP contribution < -0.4 is 4.74 Å². The van der Waals surface area contributed by atoms with Crippen LogP contribution in [0.3, 0.4) is 0 Å². The van der Waals surface area contributed by atoms with E-state index in [2.05, 4.69) is 0 Å². The van der Waals surface area contributed by atoms with E-state index >= 15 is 0 Å². The fraction of sp³-hybridized carbons (Fsp3) is 0.562. The van der Waals surface area contributed by atoms with Gasteiger partial charge < -0.3 is 14.7 Å². The average molecular weight is 312 g/mol. The van der Waals surface area contributed by atoms with Crippen LogP contribution in [0.2, 0.25) is 5.02 Å². The van der Waals surface area contributed by atoms with E-state index in [1.807, 2.05) is 0 Å². The fourth-order valence-corrected chi connectivity index (χ4v) is 2.92. The standard InChI is InChI=1S/C16H22ClNO3/c1-12(21-15-8-6-13(17)7-9-15)16(20)18(10-11-19)14-4-2-3-5-14/h6-9,12,14,19H,2-5,10-11H2,1H3. The molecule has 1 aliphatic rings. The summed E-state index contributed by atoms with van der Waals surface area (Å²) < 4.78 is 5.69. The van der Waals surface area contributed by atoms with Crippen molar-refractivity contribution < 1.29 is 14.6 Å². The number of carbonyl (C=O) groups is 1. The highest BCUT2D eigenvalue weighted by Crippen LogP contribution is 2.24. The summed E-state index contributed by atoms with van der Waals surface area (Å²) in [5.41, 5.74) is 0. The summed E-state index contributed by atoms with van der Waals surface area (Å²) in [6.45, 7) is 2.10. The van der Waals surface area contributed by atoms with Crippen LogP contribution in [0, 0.1) is 0 Å². The first-order chi connectivity index (χ1) is 10.1. The van der Waals surface area contributed by atoms with Gasteiger partial charge in [0.2, 0.25) is 0 Å². The van der Waals surface area contributed by atoms with Gasteiger partial charge in [-0.05, 0) is 44.0 Å². The number of hydrogen-bond donors (Lipinski definition) is 1. The second-order valence-corrected chi connectivity index (χ2v) is 5.84. The minimum absolute atomic E-state index is 0.0180. The SMILES string of the molecule is CC(Oc1ccc(Cl)cc1)C(=O)N(CCO)C1CCCC1. The smallest absolute Gasteiger partial charge is 0.263 e. The normalized spacial score (nSPS) is 16.7.